The summed E-state index contributed by atoms with van der Waals surface area (Å²) in [6.07, 6.45) is 1.17. The van der Waals surface area contributed by atoms with Crippen molar-refractivity contribution in [3.05, 3.63) is 34.3 Å². The number of amides is 1. The molecule has 4 nitrogen and oxygen atoms in total. The van der Waals surface area contributed by atoms with Gasteiger partial charge in [0.2, 0.25) is 5.91 Å². The number of rotatable bonds is 5. The number of hydrogen-bond donors (Lipinski definition) is 2. The highest BCUT2D eigenvalue weighted by molar-refractivity contribution is 6.31. The van der Waals surface area contributed by atoms with Crippen molar-refractivity contribution in [3.63, 3.8) is 0 Å². The van der Waals surface area contributed by atoms with Gasteiger partial charge in [0.25, 0.3) is 0 Å². The van der Waals surface area contributed by atoms with Gasteiger partial charge in [0, 0.05) is 29.7 Å². The third-order valence-corrected chi connectivity index (χ3v) is 4.02. The van der Waals surface area contributed by atoms with E-state index in [0.29, 0.717) is 16.6 Å². The largest absolute Gasteiger partial charge is 0.366 e. The molecule has 1 aliphatic heterocycles. The minimum Gasteiger partial charge on any atom is -0.366 e. The molecule has 1 unspecified atom stereocenters. The molecule has 0 radical (unpaired) electrons. The molecule has 0 saturated carbocycles. The summed E-state index contributed by atoms with van der Waals surface area (Å²) in [5.41, 5.74) is 6.74. The summed E-state index contributed by atoms with van der Waals surface area (Å²) in [5.74, 6) is -0.444. The van der Waals surface area contributed by atoms with Crippen LogP contribution in [0.15, 0.2) is 18.2 Å². The predicted octanol–water partition coefficient (Wildman–Crippen LogP) is 1.62. The van der Waals surface area contributed by atoms with Gasteiger partial charge < -0.3 is 11.1 Å². The van der Waals surface area contributed by atoms with E-state index in [1.54, 1.807) is 12.1 Å². The summed E-state index contributed by atoms with van der Waals surface area (Å²) in [5, 5.41) is 3.99. The lowest BCUT2D eigenvalue weighted by Gasteiger charge is -2.27. The molecule has 19 heavy (non-hydrogen) atoms. The summed E-state index contributed by atoms with van der Waals surface area (Å²) >= 11 is 6.23. The first-order chi connectivity index (χ1) is 9.11. The van der Waals surface area contributed by atoms with Crippen LogP contribution in [0.2, 0.25) is 5.02 Å². The number of primary amides is 1. The average molecular weight is 282 g/mol. The van der Waals surface area contributed by atoms with Crippen molar-refractivity contribution in [2.45, 2.75) is 25.9 Å². The molecule has 0 spiro atoms. The Balaban J connectivity index is 2.10. The van der Waals surface area contributed by atoms with Crippen LogP contribution in [0, 0.1) is 0 Å². The number of nitrogens with two attached hydrogens (primary N) is 1. The van der Waals surface area contributed by atoms with Gasteiger partial charge in [0.1, 0.15) is 0 Å². The van der Waals surface area contributed by atoms with Crippen LogP contribution in [0.25, 0.3) is 0 Å². The van der Waals surface area contributed by atoms with Crippen molar-refractivity contribution in [1.29, 1.82) is 0 Å². The van der Waals surface area contributed by atoms with E-state index >= 15 is 0 Å². The molecule has 1 saturated heterocycles. The molecule has 104 valence electrons. The summed E-state index contributed by atoms with van der Waals surface area (Å²) < 4.78 is 0. The Morgan fingerprint density at radius 2 is 2.37 bits per heavy atom. The van der Waals surface area contributed by atoms with E-state index in [-0.39, 0.29) is 0 Å². The highest BCUT2D eigenvalue weighted by Gasteiger charge is 2.21. The van der Waals surface area contributed by atoms with Crippen LogP contribution in [-0.4, -0.2) is 36.5 Å². The Morgan fingerprint density at radius 3 is 2.89 bits per heavy atom. The third-order valence-electron chi connectivity index (χ3n) is 3.67. The lowest BCUT2D eigenvalue weighted by Crippen LogP contribution is -2.36. The maximum Gasteiger partial charge on any atom is 0.248 e. The van der Waals surface area contributed by atoms with Crippen molar-refractivity contribution in [1.82, 2.24) is 10.2 Å². The predicted molar refractivity (Wildman–Crippen MR) is 77.3 cm³/mol. The molecule has 0 aliphatic carbocycles. The van der Waals surface area contributed by atoms with Crippen LogP contribution in [-0.2, 0) is 6.54 Å². The third kappa shape index (κ3) is 3.47. The Morgan fingerprint density at radius 1 is 1.58 bits per heavy atom. The second-order valence-electron chi connectivity index (χ2n) is 4.88. The lowest BCUT2D eigenvalue weighted by atomic mass is 10.1. The fourth-order valence-corrected chi connectivity index (χ4v) is 2.74. The molecule has 1 heterocycles. The number of likely N-dealkylation sites (N-methyl/N-ethyl adjacent to an activating group) is 1. The van der Waals surface area contributed by atoms with Gasteiger partial charge in [0.05, 0.1) is 0 Å². The Bertz CT molecular complexity index is 458. The van der Waals surface area contributed by atoms with Crippen molar-refractivity contribution in [2.75, 3.05) is 19.6 Å². The first kappa shape index (κ1) is 14.3. The molecule has 1 fully saturated rings. The van der Waals surface area contributed by atoms with Crippen LogP contribution < -0.4 is 11.1 Å². The fraction of sp³-hybridized carbons (Fsp3) is 0.500. The second-order valence-corrected chi connectivity index (χ2v) is 5.29. The number of hydrogen-bond acceptors (Lipinski definition) is 3. The van der Waals surface area contributed by atoms with Crippen LogP contribution in [0.1, 0.15) is 29.3 Å². The molecule has 1 aromatic rings. The van der Waals surface area contributed by atoms with E-state index < -0.39 is 5.91 Å². The van der Waals surface area contributed by atoms with Crippen LogP contribution in [0.4, 0.5) is 0 Å². The van der Waals surface area contributed by atoms with E-state index in [9.17, 15) is 4.79 Å². The number of carbonyl (C=O) groups is 1. The van der Waals surface area contributed by atoms with E-state index in [1.807, 2.05) is 6.07 Å². The minimum absolute atomic E-state index is 0.444. The van der Waals surface area contributed by atoms with Gasteiger partial charge >= 0.3 is 0 Å². The summed E-state index contributed by atoms with van der Waals surface area (Å²) in [7, 11) is 0. The summed E-state index contributed by atoms with van der Waals surface area (Å²) in [4.78, 5) is 13.5. The molecule has 0 bridgehead atoms. The van der Waals surface area contributed by atoms with Gasteiger partial charge in [0.15, 0.2) is 0 Å². The molecule has 1 atom stereocenters. The molecule has 1 aliphatic rings. The van der Waals surface area contributed by atoms with Gasteiger partial charge in [-0.15, -0.1) is 0 Å². The highest BCUT2D eigenvalue weighted by Crippen LogP contribution is 2.21. The van der Waals surface area contributed by atoms with Crippen LogP contribution in [0.3, 0.4) is 0 Å². The second kappa shape index (κ2) is 6.37. The Kier molecular flexibility index (Phi) is 4.80. The van der Waals surface area contributed by atoms with Gasteiger partial charge in [-0.25, -0.2) is 0 Å². The lowest BCUT2D eigenvalue weighted by molar-refractivity contribution is 0.1000. The van der Waals surface area contributed by atoms with E-state index in [0.717, 1.165) is 31.7 Å². The van der Waals surface area contributed by atoms with E-state index in [4.69, 9.17) is 17.3 Å². The molecule has 1 amide bonds. The van der Waals surface area contributed by atoms with E-state index in [2.05, 4.69) is 17.1 Å². The first-order valence-electron chi connectivity index (χ1n) is 6.64. The highest BCUT2D eigenvalue weighted by atomic mass is 35.5. The summed E-state index contributed by atoms with van der Waals surface area (Å²) in [6.45, 7) is 6.06. The zero-order valence-corrected chi connectivity index (χ0v) is 11.9. The molecule has 0 aromatic heterocycles. The van der Waals surface area contributed by atoms with E-state index in [1.165, 1.54) is 6.42 Å². The monoisotopic (exact) mass is 281 g/mol. The van der Waals surface area contributed by atoms with Crippen molar-refractivity contribution >= 4 is 17.5 Å². The van der Waals surface area contributed by atoms with Gasteiger partial charge in [-0.3, -0.25) is 9.69 Å². The maximum absolute atomic E-state index is 11.1. The summed E-state index contributed by atoms with van der Waals surface area (Å²) in [6, 6.07) is 5.86. The Hall–Kier alpha value is -1.10. The van der Waals surface area contributed by atoms with Crippen molar-refractivity contribution in [2.24, 2.45) is 5.73 Å². The quantitative estimate of drug-likeness (QED) is 0.862. The molecule has 1 aromatic carbocycles. The molecule has 3 N–H and O–H groups in total. The smallest absolute Gasteiger partial charge is 0.248 e. The average Bonchev–Trinajstić information content (AvgIpc) is 2.91. The normalized spacial score (nSPS) is 19.0. The van der Waals surface area contributed by atoms with Crippen molar-refractivity contribution in [3.8, 4) is 0 Å². The molecular weight excluding hydrogens is 262 g/mol. The SMILES string of the molecule is CCN(Cc1ccc(C(N)=O)cc1Cl)C1CCNC1. The van der Waals surface area contributed by atoms with Gasteiger partial charge in [-0.05, 0) is 37.2 Å². The number of nitrogens with one attached hydrogen (secondary N) is 1. The topological polar surface area (TPSA) is 58.4 Å². The van der Waals surface area contributed by atoms with Gasteiger partial charge in [-0.2, -0.15) is 0 Å². The van der Waals surface area contributed by atoms with Crippen LogP contribution >= 0.6 is 11.6 Å². The fourth-order valence-electron chi connectivity index (χ4n) is 2.50. The van der Waals surface area contributed by atoms with Gasteiger partial charge in [-0.1, -0.05) is 24.6 Å². The molecule has 5 heteroatoms. The molecular formula is C14H20ClN3O. The van der Waals surface area contributed by atoms with Crippen molar-refractivity contribution < 1.29 is 4.79 Å². The standard InChI is InChI=1S/C14H20ClN3O/c1-2-18(12-5-6-17-8-12)9-11-4-3-10(14(16)19)7-13(11)15/h3-4,7,12,17H,2,5-6,8-9H2,1H3,(H2,16,19). The number of nitrogens with zero attached hydrogens (tertiary/aromatic N) is 1. The number of benzene rings is 1. The van der Waals surface area contributed by atoms with Crippen LogP contribution in [0.5, 0.6) is 0 Å². The number of halogens is 1. The number of carbonyl (C=O) groups excluding carboxylic acids is 1. The maximum atomic E-state index is 11.1. The zero-order chi connectivity index (χ0) is 13.8. The zero-order valence-electron chi connectivity index (χ0n) is 11.2. The molecule has 2 rings (SSSR count). The minimum atomic E-state index is -0.444. The first-order valence-corrected chi connectivity index (χ1v) is 7.02. The Labute approximate surface area is 118 Å².